The van der Waals surface area contributed by atoms with Crippen molar-refractivity contribution in [3.8, 4) is 0 Å². The van der Waals surface area contributed by atoms with Gasteiger partial charge in [-0.25, -0.2) is 9.97 Å². The number of unbranched alkanes of at least 4 members (excludes halogenated alkanes) is 2. The maximum atomic E-state index is 12.2. The first-order valence-corrected chi connectivity index (χ1v) is 11.4. The van der Waals surface area contributed by atoms with Gasteiger partial charge in [0.05, 0.1) is 13.2 Å². The molecule has 2 heterocycles. The van der Waals surface area contributed by atoms with Gasteiger partial charge in [0.25, 0.3) is 5.91 Å². The number of nitrogens with zero attached hydrogens (tertiary/aromatic N) is 3. The molecule has 1 amide bonds. The summed E-state index contributed by atoms with van der Waals surface area (Å²) in [4.78, 5) is 23.3. The summed E-state index contributed by atoms with van der Waals surface area (Å²) < 4.78 is 5.39. The maximum absolute atomic E-state index is 12.2. The van der Waals surface area contributed by atoms with Crippen molar-refractivity contribution in [1.29, 1.82) is 0 Å². The van der Waals surface area contributed by atoms with Crippen molar-refractivity contribution < 1.29 is 9.53 Å². The number of aromatic nitrogens is 2. The van der Waals surface area contributed by atoms with Gasteiger partial charge in [-0.15, -0.1) is 0 Å². The molecule has 2 aromatic rings. The number of amides is 1. The lowest BCUT2D eigenvalue weighted by Crippen LogP contribution is -2.36. The van der Waals surface area contributed by atoms with Crippen LogP contribution in [0.5, 0.6) is 0 Å². The van der Waals surface area contributed by atoms with Crippen molar-refractivity contribution >= 4 is 35.1 Å². The molecule has 1 aliphatic rings. The van der Waals surface area contributed by atoms with Gasteiger partial charge in [0, 0.05) is 37.0 Å². The Labute approximate surface area is 181 Å². The summed E-state index contributed by atoms with van der Waals surface area (Å²) in [5.74, 6) is 1.53. The average Bonchev–Trinajstić information content (AvgIpc) is 2.76. The third-order valence-corrected chi connectivity index (χ3v) is 5.76. The number of morpholine rings is 1. The van der Waals surface area contributed by atoms with Crippen molar-refractivity contribution in [2.75, 3.05) is 37.7 Å². The predicted molar refractivity (Wildman–Crippen MR) is 118 cm³/mol. The number of benzene rings is 1. The van der Waals surface area contributed by atoms with Crippen LogP contribution in [0.4, 0.5) is 5.82 Å². The molecule has 0 spiro atoms. The van der Waals surface area contributed by atoms with Gasteiger partial charge < -0.3 is 15.0 Å². The fourth-order valence-corrected chi connectivity index (χ4v) is 4.02. The summed E-state index contributed by atoms with van der Waals surface area (Å²) in [6.45, 7) is 5.88. The number of carbonyl (C=O) groups excluding carboxylic acids is 1. The molecular weight excluding hydrogens is 408 g/mol. The van der Waals surface area contributed by atoms with E-state index in [1.54, 1.807) is 6.07 Å². The molecule has 1 aliphatic heterocycles. The van der Waals surface area contributed by atoms with E-state index in [1.807, 2.05) is 24.3 Å². The van der Waals surface area contributed by atoms with E-state index in [1.165, 1.54) is 11.8 Å². The molecule has 1 saturated heterocycles. The molecule has 3 rings (SSSR count). The van der Waals surface area contributed by atoms with Gasteiger partial charge in [-0.3, -0.25) is 4.79 Å². The SMILES string of the molecule is CCCCCNC(=O)c1ccc(CSc2nc(Cl)cc(N3CCOCC3)n2)cc1. The van der Waals surface area contributed by atoms with Crippen molar-refractivity contribution in [2.24, 2.45) is 0 Å². The minimum Gasteiger partial charge on any atom is -0.378 e. The summed E-state index contributed by atoms with van der Waals surface area (Å²) in [7, 11) is 0. The van der Waals surface area contributed by atoms with Crippen LogP contribution in [0.3, 0.4) is 0 Å². The van der Waals surface area contributed by atoms with E-state index in [0.29, 0.717) is 34.8 Å². The number of anilines is 1. The number of rotatable bonds is 9. The van der Waals surface area contributed by atoms with E-state index in [9.17, 15) is 4.79 Å². The Morgan fingerprint density at radius 1 is 1.21 bits per heavy atom. The van der Waals surface area contributed by atoms with Crippen molar-refractivity contribution in [1.82, 2.24) is 15.3 Å². The van der Waals surface area contributed by atoms with Gasteiger partial charge in [0.2, 0.25) is 0 Å². The van der Waals surface area contributed by atoms with Gasteiger partial charge in [0.15, 0.2) is 5.16 Å². The van der Waals surface area contributed by atoms with E-state index in [2.05, 4.69) is 27.1 Å². The molecule has 1 aromatic carbocycles. The lowest BCUT2D eigenvalue weighted by molar-refractivity contribution is 0.0953. The highest BCUT2D eigenvalue weighted by atomic mass is 35.5. The first-order chi connectivity index (χ1) is 14.2. The Kier molecular flexibility index (Phi) is 8.58. The molecule has 0 bridgehead atoms. The van der Waals surface area contributed by atoms with Crippen LogP contribution in [0.2, 0.25) is 5.15 Å². The van der Waals surface area contributed by atoms with Crippen molar-refractivity contribution in [3.05, 3.63) is 46.6 Å². The second-order valence-electron chi connectivity index (χ2n) is 6.88. The van der Waals surface area contributed by atoms with E-state index in [-0.39, 0.29) is 5.91 Å². The number of nitrogens with one attached hydrogen (secondary N) is 1. The molecule has 1 N–H and O–H groups in total. The third kappa shape index (κ3) is 6.87. The number of hydrogen-bond acceptors (Lipinski definition) is 6. The Hall–Kier alpha value is -1.83. The van der Waals surface area contributed by atoms with Crippen LogP contribution < -0.4 is 10.2 Å². The summed E-state index contributed by atoms with van der Waals surface area (Å²) in [5.41, 5.74) is 1.79. The molecule has 1 aromatic heterocycles. The Bertz CT molecular complexity index is 798. The normalized spacial score (nSPS) is 14.1. The highest BCUT2D eigenvalue weighted by Gasteiger charge is 2.15. The van der Waals surface area contributed by atoms with E-state index < -0.39 is 0 Å². The fraction of sp³-hybridized carbons (Fsp3) is 0.476. The Morgan fingerprint density at radius 3 is 2.69 bits per heavy atom. The average molecular weight is 435 g/mol. The molecule has 0 saturated carbocycles. The van der Waals surface area contributed by atoms with Crippen LogP contribution >= 0.6 is 23.4 Å². The Balaban J connectivity index is 1.54. The maximum Gasteiger partial charge on any atom is 0.251 e. The van der Waals surface area contributed by atoms with Crippen LogP contribution in [0, 0.1) is 0 Å². The quantitative estimate of drug-likeness (QED) is 0.276. The second kappa shape index (κ2) is 11.4. The van der Waals surface area contributed by atoms with Gasteiger partial charge in [-0.2, -0.15) is 0 Å². The monoisotopic (exact) mass is 434 g/mol. The van der Waals surface area contributed by atoms with E-state index in [0.717, 1.165) is 50.3 Å². The molecule has 0 aliphatic carbocycles. The van der Waals surface area contributed by atoms with Gasteiger partial charge >= 0.3 is 0 Å². The standard InChI is InChI=1S/C21H27ClN4O2S/c1-2-3-4-9-23-20(27)17-7-5-16(6-8-17)15-29-21-24-18(22)14-19(25-21)26-10-12-28-13-11-26/h5-8,14H,2-4,9-13,15H2,1H3,(H,23,27). The van der Waals surface area contributed by atoms with Gasteiger partial charge in [0.1, 0.15) is 11.0 Å². The predicted octanol–water partition coefficient (Wildman–Crippen LogP) is 4.18. The topological polar surface area (TPSA) is 67.4 Å². The molecule has 156 valence electrons. The first-order valence-electron chi connectivity index (χ1n) is 10.0. The van der Waals surface area contributed by atoms with Gasteiger partial charge in [-0.1, -0.05) is 55.3 Å². The molecule has 1 fully saturated rings. The minimum absolute atomic E-state index is 0.0198. The van der Waals surface area contributed by atoms with Crippen molar-refractivity contribution in [3.63, 3.8) is 0 Å². The molecule has 8 heteroatoms. The molecular formula is C21H27ClN4O2S. The zero-order valence-corrected chi connectivity index (χ0v) is 18.3. The number of carbonyl (C=O) groups is 1. The third-order valence-electron chi connectivity index (χ3n) is 4.65. The Morgan fingerprint density at radius 2 is 1.97 bits per heavy atom. The summed E-state index contributed by atoms with van der Waals surface area (Å²) in [5, 5.41) is 4.06. The van der Waals surface area contributed by atoms with Gasteiger partial charge in [-0.05, 0) is 24.1 Å². The van der Waals surface area contributed by atoms with Crippen molar-refractivity contribution in [2.45, 2.75) is 37.1 Å². The number of ether oxygens (including phenoxy) is 1. The minimum atomic E-state index is -0.0198. The number of halogens is 1. The summed E-state index contributed by atoms with van der Waals surface area (Å²) >= 11 is 7.74. The summed E-state index contributed by atoms with van der Waals surface area (Å²) in [6, 6.07) is 9.47. The van der Waals surface area contributed by atoms with Crippen LogP contribution in [-0.4, -0.2) is 48.7 Å². The lowest BCUT2D eigenvalue weighted by atomic mass is 10.1. The second-order valence-corrected chi connectivity index (χ2v) is 8.21. The van der Waals surface area contributed by atoms with E-state index >= 15 is 0 Å². The van der Waals surface area contributed by atoms with Crippen LogP contribution in [0.1, 0.15) is 42.1 Å². The number of hydrogen-bond donors (Lipinski definition) is 1. The van der Waals surface area contributed by atoms with Crippen LogP contribution in [0.15, 0.2) is 35.5 Å². The smallest absolute Gasteiger partial charge is 0.251 e. The zero-order valence-electron chi connectivity index (χ0n) is 16.7. The molecule has 0 atom stereocenters. The molecule has 6 nitrogen and oxygen atoms in total. The number of thioether (sulfide) groups is 1. The van der Waals surface area contributed by atoms with E-state index in [4.69, 9.17) is 16.3 Å². The van der Waals surface area contributed by atoms with Crippen LogP contribution in [0.25, 0.3) is 0 Å². The summed E-state index contributed by atoms with van der Waals surface area (Å²) in [6.07, 6.45) is 3.30. The van der Waals surface area contributed by atoms with Crippen LogP contribution in [-0.2, 0) is 10.5 Å². The fourth-order valence-electron chi connectivity index (χ4n) is 2.98. The highest BCUT2D eigenvalue weighted by molar-refractivity contribution is 7.98. The lowest BCUT2D eigenvalue weighted by Gasteiger charge is -2.27. The molecule has 29 heavy (non-hydrogen) atoms. The molecule has 0 radical (unpaired) electrons. The first kappa shape index (κ1) is 21.9. The molecule has 0 unspecified atom stereocenters. The zero-order chi connectivity index (χ0) is 20.5. The largest absolute Gasteiger partial charge is 0.378 e. The highest BCUT2D eigenvalue weighted by Crippen LogP contribution is 2.25.